The number of nitrogens with two attached hydrogens (primary N) is 1. The summed E-state index contributed by atoms with van der Waals surface area (Å²) in [5.41, 5.74) is 6.62. The molecule has 0 aliphatic carbocycles. The molecule has 6 nitrogen and oxygen atoms in total. The Morgan fingerprint density at radius 2 is 2.29 bits per heavy atom. The number of aromatic nitrogens is 5. The van der Waals surface area contributed by atoms with Gasteiger partial charge in [0.15, 0.2) is 5.82 Å². The lowest BCUT2D eigenvalue weighted by atomic mass is 10.2. The van der Waals surface area contributed by atoms with E-state index in [-0.39, 0.29) is 6.04 Å². The van der Waals surface area contributed by atoms with Crippen LogP contribution in [0.4, 0.5) is 0 Å². The van der Waals surface area contributed by atoms with Crippen LogP contribution in [0.25, 0.3) is 0 Å². The second kappa shape index (κ2) is 3.51. The fraction of sp³-hybridized carbons (Fsp3) is 0.250. The summed E-state index contributed by atoms with van der Waals surface area (Å²) in [6.07, 6.45) is 6.43. The van der Waals surface area contributed by atoms with Crippen molar-refractivity contribution in [2.75, 3.05) is 0 Å². The first kappa shape index (κ1) is 8.76. The second-order valence-electron chi connectivity index (χ2n) is 2.91. The summed E-state index contributed by atoms with van der Waals surface area (Å²) in [5, 5.41) is 7.67. The van der Waals surface area contributed by atoms with Crippen LogP contribution in [0.15, 0.2) is 24.9 Å². The normalized spacial score (nSPS) is 12.7. The summed E-state index contributed by atoms with van der Waals surface area (Å²) in [7, 11) is 1.84. The molecule has 0 aliphatic rings. The summed E-state index contributed by atoms with van der Waals surface area (Å²) in [4.78, 5) is 8.05. The predicted octanol–water partition coefficient (Wildman–Crippen LogP) is -0.347. The van der Waals surface area contributed by atoms with Gasteiger partial charge in [0.1, 0.15) is 12.4 Å². The third-order valence-electron chi connectivity index (χ3n) is 1.93. The van der Waals surface area contributed by atoms with E-state index < -0.39 is 0 Å². The Hall–Kier alpha value is -1.82. The van der Waals surface area contributed by atoms with Gasteiger partial charge in [0, 0.05) is 19.4 Å². The maximum Gasteiger partial charge on any atom is 0.155 e. The number of hydrogen-bond acceptors (Lipinski definition) is 5. The molecule has 2 aromatic rings. The number of rotatable bonds is 2. The van der Waals surface area contributed by atoms with Crippen molar-refractivity contribution in [3.8, 4) is 0 Å². The molecule has 2 rings (SSSR count). The highest BCUT2D eigenvalue weighted by Crippen LogP contribution is 2.12. The summed E-state index contributed by atoms with van der Waals surface area (Å²) < 4.78 is 1.76. The minimum Gasteiger partial charge on any atom is -0.319 e. The standard InChI is InChI=1S/C8H10N6/c1-14-5-12-13-8(14)7(9)6-4-10-2-3-11-6/h2-5,7H,9H2,1H3. The van der Waals surface area contributed by atoms with Gasteiger partial charge in [-0.05, 0) is 0 Å². The van der Waals surface area contributed by atoms with Crippen molar-refractivity contribution < 1.29 is 0 Å². The van der Waals surface area contributed by atoms with Crippen molar-refractivity contribution >= 4 is 0 Å². The molecule has 0 spiro atoms. The number of aryl methyl sites for hydroxylation is 1. The lowest BCUT2D eigenvalue weighted by molar-refractivity contribution is 0.694. The zero-order valence-electron chi connectivity index (χ0n) is 7.70. The zero-order valence-corrected chi connectivity index (χ0v) is 7.70. The summed E-state index contributed by atoms with van der Waals surface area (Å²) in [5.74, 6) is 0.672. The zero-order chi connectivity index (χ0) is 9.97. The maximum atomic E-state index is 5.94. The molecule has 6 heteroatoms. The average molecular weight is 190 g/mol. The van der Waals surface area contributed by atoms with Gasteiger partial charge >= 0.3 is 0 Å². The van der Waals surface area contributed by atoms with Crippen molar-refractivity contribution in [2.45, 2.75) is 6.04 Å². The van der Waals surface area contributed by atoms with E-state index >= 15 is 0 Å². The Kier molecular flexibility index (Phi) is 2.19. The van der Waals surface area contributed by atoms with Crippen LogP contribution in [0.3, 0.4) is 0 Å². The van der Waals surface area contributed by atoms with Crippen molar-refractivity contribution in [1.29, 1.82) is 0 Å². The molecule has 0 saturated carbocycles. The topological polar surface area (TPSA) is 82.5 Å². The van der Waals surface area contributed by atoms with Gasteiger partial charge in [-0.1, -0.05) is 0 Å². The number of nitrogens with zero attached hydrogens (tertiary/aromatic N) is 5. The fourth-order valence-corrected chi connectivity index (χ4v) is 1.18. The van der Waals surface area contributed by atoms with E-state index in [1.165, 1.54) is 0 Å². The van der Waals surface area contributed by atoms with Crippen LogP contribution in [0.5, 0.6) is 0 Å². The Morgan fingerprint density at radius 3 is 2.86 bits per heavy atom. The van der Waals surface area contributed by atoms with Gasteiger partial charge in [0.2, 0.25) is 0 Å². The van der Waals surface area contributed by atoms with Crippen molar-refractivity contribution in [3.63, 3.8) is 0 Å². The van der Waals surface area contributed by atoms with Crippen molar-refractivity contribution in [2.24, 2.45) is 12.8 Å². The number of hydrogen-bond donors (Lipinski definition) is 1. The molecule has 2 aromatic heterocycles. The van der Waals surface area contributed by atoms with Crippen LogP contribution in [-0.2, 0) is 7.05 Å². The lowest BCUT2D eigenvalue weighted by Crippen LogP contribution is -2.17. The van der Waals surface area contributed by atoms with Crippen LogP contribution in [0.1, 0.15) is 17.6 Å². The largest absolute Gasteiger partial charge is 0.319 e. The van der Waals surface area contributed by atoms with Gasteiger partial charge in [0.25, 0.3) is 0 Å². The molecule has 1 atom stereocenters. The van der Waals surface area contributed by atoms with E-state index in [0.29, 0.717) is 11.5 Å². The molecule has 72 valence electrons. The third kappa shape index (κ3) is 1.47. The van der Waals surface area contributed by atoms with E-state index in [2.05, 4.69) is 20.2 Å². The summed E-state index contributed by atoms with van der Waals surface area (Å²) in [6, 6.07) is -0.379. The Balaban J connectivity index is 2.34. The minimum atomic E-state index is -0.379. The average Bonchev–Trinajstić information content (AvgIpc) is 2.65. The van der Waals surface area contributed by atoms with Gasteiger partial charge in [-0.3, -0.25) is 9.97 Å². The molecular weight excluding hydrogens is 180 g/mol. The van der Waals surface area contributed by atoms with Gasteiger partial charge in [0.05, 0.1) is 11.9 Å². The monoisotopic (exact) mass is 190 g/mol. The van der Waals surface area contributed by atoms with E-state index in [4.69, 9.17) is 5.73 Å². The quantitative estimate of drug-likeness (QED) is 0.700. The molecule has 1 unspecified atom stereocenters. The van der Waals surface area contributed by atoms with E-state index in [1.54, 1.807) is 29.5 Å². The van der Waals surface area contributed by atoms with Crippen LogP contribution < -0.4 is 5.73 Å². The third-order valence-corrected chi connectivity index (χ3v) is 1.93. The molecule has 0 aliphatic heterocycles. The molecular formula is C8H10N6. The highest BCUT2D eigenvalue weighted by Gasteiger charge is 2.15. The van der Waals surface area contributed by atoms with Crippen molar-refractivity contribution in [3.05, 3.63) is 36.4 Å². The Labute approximate surface area is 80.8 Å². The Bertz CT molecular complexity index is 409. The van der Waals surface area contributed by atoms with E-state index in [0.717, 1.165) is 0 Å². The first-order chi connectivity index (χ1) is 6.79. The van der Waals surface area contributed by atoms with Gasteiger partial charge in [-0.2, -0.15) is 0 Å². The molecule has 0 amide bonds. The first-order valence-corrected chi connectivity index (χ1v) is 4.14. The molecule has 0 fully saturated rings. The fourth-order valence-electron chi connectivity index (χ4n) is 1.18. The van der Waals surface area contributed by atoms with E-state index in [9.17, 15) is 0 Å². The van der Waals surface area contributed by atoms with E-state index in [1.807, 2.05) is 7.05 Å². The van der Waals surface area contributed by atoms with Crippen LogP contribution >= 0.6 is 0 Å². The lowest BCUT2D eigenvalue weighted by Gasteiger charge is -2.08. The van der Waals surface area contributed by atoms with Crippen LogP contribution in [0, 0.1) is 0 Å². The van der Waals surface area contributed by atoms with Gasteiger partial charge < -0.3 is 10.3 Å². The van der Waals surface area contributed by atoms with Gasteiger partial charge in [-0.25, -0.2) is 0 Å². The smallest absolute Gasteiger partial charge is 0.155 e. The SMILES string of the molecule is Cn1cnnc1C(N)c1cnccn1. The highest BCUT2D eigenvalue weighted by atomic mass is 15.3. The molecule has 0 saturated heterocycles. The van der Waals surface area contributed by atoms with Crippen LogP contribution in [-0.4, -0.2) is 24.7 Å². The Morgan fingerprint density at radius 1 is 1.43 bits per heavy atom. The van der Waals surface area contributed by atoms with Crippen molar-refractivity contribution in [1.82, 2.24) is 24.7 Å². The first-order valence-electron chi connectivity index (χ1n) is 4.14. The maximum absolute atomic E-state index is 5.94. The molecule has 2 N–H and O–H groups in total. The van der Waals surface area contributed by atoms with Gasteiger partial charge in [-0.15, -0.1) is 10.2 Å². The highest BCUT2D eigenvalue weighted by molar-refractivity contribution is 5.12. The van der Waals surface area contributed by atoms with Crippen LogP contribution in [0.2, 0.25) is 0 Å². The summed E-state index contributed by atoms with van der Waals surface area (Å²) in [6.45, 7) is 0. The minimum absolute atomic E-state index is 0.379. The molecule has 14 heavy (non-hydrogen) atoms. The second-order valence-corrected chi connectivity index (χ2v) is 2.91. The molecule has 0 bridgehead atoms. The molecule has 0 radical (unpaired) electrons. The summed E-state index contributed by atoms with van der Waals surface area (Å²) >= 11 is 0. The molecule has 2 heterocycles. The molecule has 0 aromatic carbocycles. The predicted molar refractivity (Wildman–Crippen MR) is 49.1 cm³/mol.